The zero-order valence-electron chi connectivity index (χ0n) is 8.25. The van der Waals surface area contributed by atoms with Crippen LogP contribution >= 0.6 is 0 Å². The summed E-state index contributed by atoms with van der Waals surface area (Å²) >= 11 is 0. The Bertz CT molecular complexity index is 436. The van der Waals surface area contributed by atoms with E-state index in [1.165, 1.54) is 13.0 Å². The SMILES string of the molecule is Cc1c(F)ccc(O)c1C1(C(=O)O)CC1. The molecule has 2 N–H and O–H groups in total. The molecule has 0 heterocycles. The number of phenolic OH excluding ortho intramolecular Hbond substituents is 1. The van der Waals surface area contributed by atoms with Gasteiger partial charge in [-0.1, -0.05) is 0 Å². The largest absolute Gasteiger partial charge is 0.508 e. The summed E-state index contributed by atoms with van der Waals surface area (Å²) < 4.78 is 13.3. The van der Waals surface area contributed by atoms with Gasteiger partial charge < -0.3 is 10.2 Å². The van der Waals surface area contributed by atoms with Crippen molar-refractivity contribution in [2.75, 3.05) is 0 Å². The van der Waals surface area contributed by atoms with E-state index in [9.17, 15) is 14.3 Å². The lowest BCUT2D eigenvalue weighted by molar-refractivity contribution is -0.140. The van der Waals surface area contributed by atoms with Gasteiger partial charge in [0.2, 0.25) is 0 Å². The highest BCUT2D eigenvalue weighted by Gasteiger charge is 2.54. The van der Waals surface area contributed by atoms with Crippen molar-refractivity contribution < 1.29 is 19.4 Å². The van der Waals surface area contributed by atoms with Gasteiger partial charge in [0, 0.05) is 5.56 Å². The van der Waals surface area contributed by atoms with Crippen molar-refractivity contribution in [1.82, 2.24) is 0 Å². The minimum Gasteiger partial charge on any atom is -0.508 e. The number of carbonyl (C=O) groups is 1. The van der Waals surface area contributed by atoms with Crippen LogP contribution in [0, 0.1) is 12.7 Å². The predicted octanol–water partition coefficient (Wildman–Crippen LogP) is 1.96. The van der Waals surface area contributed by atoms with Crippen LogP contribution in [0.4, 0.5) is 4.39 Å². The number of halogens is 1. The molecule has 0 spiro atoms. The molecule has 0 atom stereocenters. The van der Waals surface area contributed by atoms with E-state index in [4.69, 9.17) is 5.11 Å². The van der Waals surface area contributed by atoms with Crippen LogP contribution in [-0.4, -0.2) is 16.2 Å². The van der Waals surface area contributed by atoms with Crippen molar-refractivity contribution in [2.24, 2.45) is 0 Å². The average molecular weight is 210 g/mol. The van der Waals surface area contributed by atoms with Crippen molar-refractivity contribution in [3.63, 3.8) is 0 Å². The number of carboxylic acids is 1. The Morgan fingerprint density at radius 3 is 2.53 bits per heavy atom. The molecule has 0 amide bonds. The first-order valence-electron chi connectivity index (χ1n) is 4.71. The molecule has 1 aromatic carbocycles. The molecule has 1 aliphatic carbocycles. The van der Waals surface area contributed by atoms with Gasteiger partial charge in [0.25, 0.3) is 0 Å². The third kappa shape index (κ3) is 1.28. The van der Waals surface area contributed by atoms with Crippen molar-refractivity contribution in [3.05, 3.63) is 29.1 Å². The molecule has 0 bridgehead atoms. The number of hydrogen-bond acceptors (Lipinski definition) is 2. The molecule has 0 aromatic heterocycles. The molecular weight excluding hydrogens is 199 g/mol. The topological polar surface area (TPSA) is 57.5 Å². The molecule has 15 heavy (non-hydrogen) atoms. The lowest BCUT2D eigenvalue weighted by Crippen LogP contribution is -2.21. The van der Waals surface area contributed by atoms with E-state index in [1.54, 1.807) is 0 Å². The molecule has 3 nitrogen and oxygen atoms in total. The summed E-state index contributed by atoms with van der Waals surface area (Å²) in [6.45, 7) is 1.49. The molecule has 1 saturated carbocycles. The van der Waals surface area contributed by atoms with Crippen LogP contribution in [0.1, 0.15) is 24.0 Å². The van der Waals surface area contributed by atoms with Gasteiger partial charge in [-0.3, -0.25) is 4.79 Å². The lowest BCUT2D eigenvalue weighted by Gasteiger charge is -2.15. The minimum absolute atomic E-state index is 0.131. The summed E-state index contributed by atoms with van der Waals surface area (Å²) in [5.41, 5.74) is -0.596. The number of aliphatic carboxylic acids is 1. The second-order valence-corrected chi connectivity index (χ2v) is 3.95. The van der Waals surface area contributed by atoms with Crippen LogP contribution in [0.25, 0.3) is 0 Å². The summed E-state index contributed by atoms with van der Waals surface area (Å²) in [5, 5.41) is 18.7. The average Bonchev–Trinajstić information content (AvgIpc) is 2.93. The zero-order valence-corrected chi connectivity index (χ0v) is 8.25. The molecule has 0 unspecified atom stereocenters. The first-order valence-corrected chi connectivity index (χ1v) is 4.71. The van der Waals surface area contributed by atoms with Gasteiger partial charge in [-0.05, 0) is 37.5 Å². The highest BCUT2D eigenvalue weighted by Crippen LogP contribution is 2.52. The Hall–Kier alpha value is -1.58. The predicted molar refractivity (Wildman–Crippen MR) is 51.3 cm³/mol. The third-order valence-electron chi connectivity index (χ3n) is 3.01. The van der Waals surface area contributed by atoms with Crippen LogP contribution in [0.5, 0.6) is 5.75 Å². The number of benzene rings is 1. The summed E-state index contributed by atoms with van der Waals surface area (Å²) in [7, 11) is 0. The van der Waals surface area contributed by atoms with Gasteiger partial charge in [0.05, 0.1) is 5.41 Å². The molecular formula is C11H11FO3. The van der Waals surface area contributed by atoms with Gasteiger partial charge in [-0.15, -0.1) is 0 Å². The number of phenols is 1. The first kappa shape index (κ1) is 9.96. The van der Waals surface area contributed by atoms with Crippen LogP contribution in [-0.2, 0) is 10.2 Å². The number of aromatic hydroxyl groups is 1. The van der Waals surface area contributed by atoms with Crippen LogP contribution in [0.15, 0.2) is 12.1 Å². The van der Waals surface area contributed by atoms with Gasteiger partial charge >= 0.3 is 5.97 Å². The Balaban J connectivity index is 2.62. The van der Waals surface area contributed by atoms with E-state index < -0.39 is 17.2 Å². The summed E-state index contributed by atoms with van der Waals surface area (Å²) in [6.07, 6.45) is 0.917. The van der Waals surface area contributed by atoms with Crippen molar-refractivity contribution in [2.45, 2.75) is 25.2 Å². The number of rotatable bonds is 2. The van der Waals surface area contributed by atoms with Crippen LogP contribution < -0.4 is 0 Å². The maximum Gasteiger partial charge on any atom is 0.314 e. The third-order valence-corrected chi connectivity index (χ3v) is 3.01. The molecule has 1 fully saturated rings. The smallest absolute Gasteiger partial charge is 0.314 e. The molecule has 80 valence electrons. The van der Waals surface area contributed by atoms with E-state index in [0.29, 0.717) is 12.8 Å². The fourth-order valence-electron chi connectivity index (χ4n) is 1.97. The van der Waals surface area contributed by atoms with E-state index in [-0.39, 0.29) is 16.9 Å². The highest BCUT2D eigenvalue weighted by atomic mass is 19.1. The van der Waals surface area contributed by atoms with E-state index in [1.807, 2.05) is 0 Å². The Labute approximate surface area is 86.2 Å². The summed E-state index contributed by atoms with van der Waals surface area (Å²) in [5.74, 6) is -1.60. The monoisotopic (exact) mass is 210 g/mol. The number of carboxylic acid groups (broad SMARTS) is 1. The molecule has 4 heteroatoms. The van der Waals surface area contributed by atoms with Crippen molar-refractivity contribution in [1.29, 1.82) is 0 Å². The minimum atomic E-state index is -1.06. The molecule has 0 radical (unpaired) electrons. The maximum atomic E-state index is 13.3. The van der Waals surface area contributed by atoms with E-state index in [2.05, 4.69) is 0 Å². The van der Waals surface area contributed by atoms with Crippen molar-refractivity contribution >= 4 is 5.97 Å². The van der Waals surface area contributed by atoms with Gasteiger partial charge in [-0.25, -0.2) is 4.39 Å². The first-order chi connectivity index (χ1) is 6.99. The normalized spacial score (nSPS) is 17.5. The van der Waals surface area contributed by atoms with Gasteiger partial charge in [-0.2, -0.15) is 0 Å². The highest BCUT2D eigenvalue weighted by molar-refractivity contribution is 5.86. The molecule has 2 rings (SSSR count). The van der Waals surface area contributed by atoms with Gasteiger partial charge in [0.15, 0.2) is 0 Å². The van der Waals surface area contributed by atoms with Crippen LogP contribution in [0.2, 0.25) is 0 Å². The van der Waals surface area contributed by atoms with E-state index in [0.717, 1.165) is 6.07 Å². The second-order valence-electron chi connectivity index (χ2n) is 3.95. The van der Waals surface area contributed by atoms with Crippen LogP contribution in [0.3, 0.4) is 0 Å². The zero-order chi connectivity index (χ0) is 11.2. The fraction of sp³-hybridized carbons (Fsp3) is 0.364. The Morgan fingerprint density at radius 1 is 1.47 bits per heavy atom. The van der Waals surface area contributed by atoms with Gasteiger partial charge in [0.1, 0.15) is 11.6 Å². The Morgan fingerprint density at radius 2 is 2.07 bits per heavy atom. The van der Waals surface area contributed by atoms with E-state index >= 15 is 0 Å². The lowest BCUT2D eigenvalue weighted by atomic mass is 9.91. The maximum absolute atomic E-state index is 13.3. The summed E-state index contributed by atoms with van der Waals surface area (Å²) in [6, 6.07) is 2.35. The van der Waals surface area contributed by atoms with Crippen molar-refractivity contribution in [3.8, 4) is 5.75 Å². The molecule has 1 aliphatic rings. The fourth-order valence-corrected chi connectivity index (χ4v) is 1.97. The summed E-state index contributed by atoms with van der Waals surface area (Å²) in [4.78, 5) is 11.1. The number of hydrogen-bond donors (Lipinski definition) is 2. The second kappa shape index (κ2) is 2.95. The molecule has 0 aliphatic heterocycles. The standard InChI is InChI=1S/C11H11FO3/c1-6-7(12)2-3-8(13)9(6)11(4-5-11)10(14)15/h2-3,13H,4-5H2,1H3,(H,14,15). The molecule has 1 aromatic rings. The quantitative estimate of drug-likeness (QED) is 0.784. The molecule has 0 saturated heterocycles. The Kier molecular flexibility index (Phi) is 1.96.